The molecule has 3 aromatic heterocycles. The molecule has 0 radical (unpaired) electrons. The SMILES string of the molecule is Cc1cnc(N[C@@H]2CCC[C@H](c3nnc4ccccn34)C2)nc1OC1COC1. The molecule has 0 unspecified atom stereocenters. The van der Waals surface area contributed by atoms with Crippen LogP contribution >= 0.6 is 0 Å². The van der Waals surface area contributed by atoms with Crippen molar-refractivity contribution in [1.29, 1.82) is 0 Å². The number of fused-ring (bicyclic) bond motifs is 1. The van der Waals surface area contributed by atoms with E-state index in [-0.39, 0.29) is 6.10 Å². The quantitative estimate of drug-likeness (QED) is 0.728. The van der Waals surface area contributed by atoms with Gasteiger partial charge in [0.05, 0.1) is 13.2 Å². The molecule has 1 N–H and O–H groups in total. The fourth-order valence-electron chi connectivity index (χ4n) is 3.93. The van der Waals surface area contributed by atoms with Crippen LogP contribution in [0.4, 0.5) is 5.95 Å². The normalized spacial score (nSPS) is 22.8. The maximum absolute atomic E-state index is 5.90. The van der Waals surface area contributed by atoms with E-state index in [9.17, 15) is 0 Å². The van der Waals surface area contributed by atoms with Crippen LogP contribution in [0.25, 0.3) is 5.65 Å². The second-order valence-corrected chi connectivity index (χ2v) is 7.65. The summed E-state index contributed by atoms with van der Waals surface area (Å²) < 4.78 is 13.2. The zero-order valence-electron chi connectivity index (χ0n) is 15.9. The zero-order valence-corrected chi connectivity index (χ0v) is 15.9. The first-order valence-electron chi connectivity index (χ1n) is 9.90. The van der Waals surface area contributed by atoms with Gasteiger partial charge in [-0.15, -0.1) is 10.2 Å². The molecule has 0 spiro atoms. The molecule has 1 aliphatic heterocycles. The summed E-state index contributed by atoms with van der Waals surface area (Å²) in [6.45, 7) is 3.22. The predicted molar refractivity (Wildman–Crippen MR) is 104 cm³/mol. The van der Waals surface area contributed by atoms with E-state index in [1.54, 1.807) is 0 Å². The molecule has 8 heteroatoms. The Morgan fingerprint density at radius 1 is 1.21 bits per heavy atom. The Morgan fingerprint density at radius 2 is 2.14 bits per heavy atom. The van der Waals surface area contributed by atoms with Gasteiger partial charge in [-0.2, -0.15) is 4.98 Å². The van der Waals surface area contributed by atoms with Gasteiger partial charge in [-0.3, -0.25) is 4.40 Å². The highest BCUT2D eigenvalue weighted by Gasteiger charge is 2.27. The van der Waals surface area contributed by atoms with Crippen LogP contribution in [-0.2, 0) is 4.74 Å². The lowest BCUT2D eigenvalue weighted by Gasteiger charge is -2.29. The third-order valence-electron chi connectivity index (χ3n) is 5.52. The van der Waals surface area contributed by atoms with E-state index in [0.717, 1.165) is 42.7 Å². The summed E-state index contributed by atoms with van der Waals surface area (Å²) in [5, 5.41) is 12.3. The lowest BCUT2D eigenvalue weighted by Crippen LogP contribution is -2.39. The Balaban J connectivity index is 1.30. The summed E-state index contributed by atoms with van der Waals surface area (Å²) in [6.07, 6.45) is 8.30. The van der Waals surface area contributed by atoms with E-state index in [0.29, 0.717) is 37.0 Å². The smallest absolute Gasteiger partial charge is 0.226 e. The molecule has 1 saturated carbocycles. The zero-order chi connectivity index (χ0) is 18.9. The number of anilines is 1. The van der Waals surface area contributed by atoms with E-state index in [4.69, 9.17) is 9.47 Å². The highest BCUT2D eigenvalue weighted by atomic mass is 16.6. The van der Waals surface area contributed by atoms with Gasteiger partial charge < -0.3 is 14.8 Å². The first-order chi connectivity index (χ1) is 13.8. The van der Waals surface area contributed by atoms with Gasteiger partial charge in [0.15, 0.2) is 5.65 Å². The minimum absolute atomic E-state index is 0.0988. The molecule has 2 fully saturated rings. The molecule has 2 atom stereocenters. The minimum Gasteiger partial charge on any atom is -0.469 e. The average Bonchev–Trinajstić information content (AvgIpc) is 3.11. The van der Waals surface area contributed by atoms with Crippen molar-refractivity contribution in [2.24, 2.45) is 0 Å². The Hall–Kier alpha value is -2.74. The van der Waals surface area contributed by atoms with Crippen molar-refractivity contribution >= 4 is 11.6 Å². The molecule has 1 aliphatic carbocycles. The Labute approximate surface area is 163 Å². The van der Waals surface area contributed by atoms with E-state index < -0.39 is 0 Å². The molecular weight excluding hydrogens is 356 g/mol. The van der Waals surface area contributed by atoms with Gasteiger partial charge >= 0.3 is 0 Å². The molecule has 3 aromatic rings. The number of nitrogens with zero attached hydrogens (tertiary/aromatic N) is 5. The van der Waals surface area contributed by atoms with E-state index >= 15 is 0 Å². The molecule has 2 aliphatic rings. The number of aromatic nitrogens is 5. The van der Waals surface area contributed by atoms with Crippen LogP contribution in [0.1, 0.15) is 43.0 Å². The molecule has 5 rings (SSSR count). The van der Waals surface area contributed by atoms with Gasteiger partial charge in [-0.25, -0.2) is 4.98 Å². The van der Waals surface area contributed by atoms with Gasteiger partial charge in [0.2, 0.25) is 11.8 Å². The first kappa shape index (κ1) is 17.4. The second kappa shape index (κ2) is 7.35. The lowest BCUT2D eigenvalue weighted by molar-refractivity contribution is -0.0815. The summed E-state index contributed by atoms with van der Waals surface area (Å²) in [6, 6.07) is 6.30. The van der Waals surface area contributed by atoms with Crippen molar-refractivity contribution in [3.05, 3.63) is 42.0 Å². The number of hydrogen-bond acceptors (Lipinski definition) is 7. The van der Waals surface area contributed by atoms with Gasteiger partial charge in [-0.1, -0.05) is 12.5 Å². The fraction of sp³-hybridized carbons (Fsp3) is 0.500. The number of pyridine rings is 1. The van der Waals surface area contributed by atoms with Crippen molar-refractivity contribution < 1.29 is 9.47 Å². The standard InChI is InChI=1S/C20H24N6O2/c1-13-10-21-20(23-19(13)28-16-11-27-12-16)22-15-6-4-5-14(9-15)18-25-24-17-7-2-3-8-26(17)18/h2-3,7-8,10,14-16H,4-6,9,11-12H2,1H3,(H,21,22,23)/t14-,15+/m0/s1. The molecule has 8 nitrogen and oxygen atoms in total. The van der Waals surface area contributed by atoms with Crippen LogP contribution in [0.5, 0.6) is 5.88 Å². The third-order valence-corrected chi connectivity index (χ3v) is 5.52. The Morgan fingerprint density at radius 3 is 3.00 bits per heavy atom. The van der Waals surface area contributed by atoms with Crippen molar-refractivity contribution in [2.75, 3.05) is 18.5 Å². The van der Waals surface area contributed by atoms with Crippen LogP contribution in [0.2, 0.25) is 0 Å². The van der Waals surface area contributed by atoms with Crippen LogP contribution in [0.3, 0.4) is 0 Å². The van der Waals surface area contributed by atoms with Crippen molar-refractivity contribution in [3.63, 3.8) is 0 Å². The maximum atomic E-state index is 5.90. The van der Waals surface area contributed by atoms with Gasteiger partial charge in [0.25, 0.3) is 0 Å². The van der Waals surface area contributed by atoms with Gasteiger partial charge in [0, 0.05) is 29.9 Å². The Kier molecular flexibility index (Phi) is 4.56. The molecule has 28 heavy (non-hydrogen) atoms. The summed E-state index contributed by atoms with van der Waals surface area (Å²) in [7, 11) is 0. The summed E-state index contributed by atoms with van der Waals surface area (Å²) in [5.74, 6) is 2.68. The fourth-order valence-corrected chi connectivity index (χ4v) is 3.93. The van der Waals surface area contributed by atoms with Crippen LogP contribution in [0.15, 0.2) is 30.6 Å². The first-order valence-corrected chi connectivity index (χ1v) is 9.90. The van der Waals surface area contributed by atoms with Crippen molar-refractivity contribution in [1.82, 2.24) is 24.6 Å². The summed E-state index contributed by atoms with van der Waals surface area (Å²) in [4.78, 5) is 9.05. The topological polar surface area (TPSA) is 86.5 Å². The summed E-state index contributed by atoms with van der Waals surface area (Å²) in [5.41, 5.74) is 1.84. The molecule has 4 heterocycles. The number of rotatable bonds is 5. The van der Waals surface area contributed by atoms with E-state index in [1.165, 1.54) is 0 Å². The predicted octanol–water partition coefficient (Wildman–Crippen LogP) is 2.74. The molecule has 0 amide bonds. The average molecular weight is 380 g/mol. The molecule has 1 saturated heterocycles. The van der Waals surface area contributed by atoms with Gasteiger partial charge in [0.1, 0.15) is 11.9 Å². The van der Waals surface area contributed by atoms with Crippen molar-refractivity contribution in [3.8, 4) is 5.88 Å². The maximum Gasteiger partial charge on any atom is 0.226 e. The highest BCUT2D eigenvalue weighted by Crippen LogP contribution is 2.33. The van der Waals surface area contributed by atoms with Crippen LogP contribution < -0.4 is 10.1 Å². The van der Waals surface area contributed by atoms with E-state index in [2.05, 4.69) is 29.9 Å². The van der Waals surface area contributed by atoms with E-state index in [1.807, 2.05) is 37.5 Å². The molecule has 0 aromatic carbocycles. The third kappa shape index (κ3) is 3.40. The number of hydrogen-bond donors (Lipinski definition) is 1. The van der Waals surface area contributed by atoms with Crippen LogP contribution in [-0.4, -0.2) is 49.9 Å². The monoisotopic (exact) mass is 380 g/mol. The largest absolute Gasteiger partial charge is 0.469 e. The highest BCUT2D eigenvalue weighted by molar-refractivity contribution is 5.38. The minimum atomic E-state index is 0.0988. The second-order valence-electron chi connectivity index (χ2n) is 7.65. The molecular formula is C20H24N6O2. The number of nitrogens with one attached hydrogen (secondary N) is 1. The lowest BCUT2D eigenvalue weighted by atomic mass is 9.85. The summed E-state index contributed by atoms with van der Waals surface area (Å²) >= 11 is 0. The number of aryl methyl sites for hydroxylation is 1. The Bertz CT molecular complexity index is 970. The molecule has 146 valence electrons. The van der Waals surface area contributed by atoms with Crippen molar-refractivity contribution in [2.45, 2.75) is 50.7 Å². The van der Waals surface area contributed by atoms with Crippen LogP contribution in [0, 0.1) is 6.92 Å². The molecule has 0 bridgehead atoms. The van der Waals surface area contributed by atoms with Gasteiger partial charge in [-0.05, 0) is 38.3 Å². The number of ether oxygens (including phenoxy) is 2.